The van der Waals surface area contributed by atoms with Gasteiger partial charge in [0.2, 0.25) is 0 Å². The lowest BCUT2D eigenvalue weighted by Crippen LogP contribution is -2.49. The number of nitriles is 1. The lowest BCUT2D eigenvalue weighted by atomic mass is 10.1. The number of halogens is 1. The van der Waals surface area contributed by atoms with Crippen LogP contribution in [-0.4, -0.2) is 43.6 Å². The van der Waals surface area contributed by atoms with Gasteiger partial charge in [0.25, 0.3) is 5.91 Å². The molecule has 0 aromatic heterocycles. The molecule has 1 aliphatic heterocycles. The Labute approximate surface area is 184 Å². The maximum absolute atomic E-state index is 12.8. The molecule has 0 unspecified atom stereocenters. The Kier molecular flexibility index (Phi) is 7.15. The van der Waals surface area contributed by atoms with Crippen LogP contribution >= 0.6 is 22.6 Å². The predicted molar refractivity (Wildman–Crippen MR) is 122 cm³/mol. The van der Waals surface area contributed by atoms with Gasteiger partial charge >= 0.3 is 0 Å². The Morgan fingerprint density at radius 1 is 1.17 bits per heavy atom. The molecule has 1 saturated heterocycles. The molecule has 1 fully saturated rings. The molecule has 5 nitrogen and oxygen atoms in total. The first-order valence-corrected chi connectivity index (χ1v) is 10.3. The second kappa shape index (κ2) is 9.99. The average molecular weight is 497 g/mol. The first-order chi connectivity index (χ1) is 14.1. The minimum Gasteiger partial charge on any atom is -0.480 e. The number of carbonyl (C=O) groups is 1. The van der Waals surface area contributed by atoms with Crippen LogP contribution in [0.25, 0.3) is 6.08 Å². The van der Waals surface area contributed by atoms with Crippen molar-refractivity contribution in [1.29, 1.82) is 5.26 Å². The molecule has 0 radical (unpaired) electrons. The van der Waals surface area contributed by atoms with Crippen molar-refractivity contribution in [3.63, 3.8) is 0 Å². The van der Waals surface area contributed by atoms with Crippen LogP contribution in [0.2, 0.25) is 0 Å². The molecule has 3 rings (SSSR count). The van der Waals surface area contributed by atoms with Crippen molar-refractivity contribution in [3.8, 4) is 24.2 Å². The van der Waals surface area contributed by atoms with E-state index in [9.17, 15) is 10.1 Å². The van der Waals surface area contributed by atoms with Crippen molar-refractivity contribution in [2.75, 3.05) is 37.7 Å². The summed E-state index contributed by atoms with van der Waals surface area (Å²) in [5.41, 5.74) is 2.05. The smallest absolute Gasteiger partial charge is 0.264 e. The summed E-state index contributed by atoms with van der Waals surface area (Å²) in [6.07, 6.45) is 6.84. The van der Waals surface area contributed by atoms with Gasteiger partial charge in [0.1, 0.15) is 24.0 Å². The van der Waals surface area contributed by atoms with Crippen molar-refractivity contribution in [2.24, 2.45) is 0 Å². The summed E-state index contributed by atoms with van der Waals surface area (Å²) >= 11 is 2.15. The van der Waals surface area contributed by atoms with Crippen molar-refractivity contribution in [1.82, 2.24) is 4.90 Å². The Hall–Kier alpha value is -2.97. The molecule has 0 saturated carbocycles. The molecule has 2 aromatic rings. The minimum atomic E-state index is -0.233. The van der Waals surface area contributed by atoms with E-state index in [2.05, 4.69) is 51.6 Å². The molecule has 0 atom stereocenters. The normalized spacial score (nSPS) is 14.1. The fraction of sp³-hybridized carbons (Fsp3) is 0.217. The number of ether oxygens (including phenoxy) is 1. The number of nitrogens with zero attached hydrogens (tertiary/aromatic N) is 3. The summed E-state index contributed by atoms with van der Waals surface area (Å²) in [5, 5.41) is 9.53. The van der Waals surface area contributed by atoms with E-state index in [4.69, 9.17) is 11.2 Å². The van der Waals surface area contributed by atoms with E-state index in [1.807, 2.05) is 30.3 Å². The Balaban J connectivity index is 1.67. The number of terminal acetylenes is 1. The third-order valence-corrected chi connectivity index (χ3v) is 5.46. The van der Waals surface area contributed by atoms with Gasteiger partial charge in [-0.2, -0.15) is 5.26 Å². The first-order valence-electron chi connectivity index (χ1n) is 9.19. The van der Waals surface area contributed by atoms with Crippen LogP contribution in [0.3, 0.4) is 0 Å². The second-order valence-corrected chi connectivity index (χ2v) is 7.63. The van der Waals surface area contributed by atoms with Gasteiger partial charge in [-0.15, -0.1) is 6.42 Å². The summed E-state index contributed by atoms with van der Waals surface area (Å²) in [6.45, 7) is 2.86. The molecular formula is C23H20IN3O2. The number of piperazine rings is 1. The number of hydrogen-bond acceptors (Lipinski definition) is 4. The maximum atomic E-state index is 12.8. The minimum absolute atomic E-state index is 0.131. The quantitative estimate of drug-likeness (QED) is 0.275. The molecule has 1 aliphatic rings. The topological polar surface area (TPSA) is 56.6 Å². The summed E-state index contributed by atoms with van der Waals surface area (Å²) < 4.78 is 6.32. The SMILES string of the molecule is C#CCOc1ccc(/C=C(/C#N)C(=O)N2CCN(c3ccccc3)CC2)cc1I. The van der Waals surface area contributed by atoms with Crippen LogP contribution in [0.15, 0.2) is 54.1 Å². The molecule has 1 heterocycles. The fourth-order valence-corrected chi connectivity index (χ4v) is 3.82. The van der Waals surface area contributed by atoms with Gasteiger partial charge in [-0.1, -0.05) is 30.2 Å². The molecule has 146 valence electrons. The predicted octanol–water partition coefficient (Wildman–Crippen LogP) is 3.56. The number of para-hydroxylation sites is 1. The molecular weight excluding hydrogens is 477 g/mol. The van der Waals surface area contributed by atoms with E-state index < -0.39 is 0 Å². The monoisotopic (exact) mass is 497 g/mol. The zero-order valence-electron chi connectivity index (χ0n) is 15.8. The van der Waals surface area contributed by atoms with Gasteiger partial charge in [0.05, 0.1) is 3.57 Å². The van der Waals surface area contributed by atoms with E-state index in [1.165, 1.54) is 0 Å². The Morgan fingerprint density at radius 2 is 1.90 bits per heavy atom. The third-order valence-electron chi connectivity index (χ3n) is 4.62. The summed E-state index contributed by atoms with van der Waals surface area (Å²) in [4.78, 5) is 16.8. The highest BCUT2D eigenvalue weighted by molar-refractivity contribution is 14.1. The van der Waals surface area contributed by atoms with Crippen LogP contribution in [-0.2, 0) is 4.79 Å². The van der Waals surface area contributed by atoms with Crippen molar-refractivity contribution >= 4 is 40.3 Å². The molecule has 0 spiro atoms. The summed E-state index contributed by atoms with van der Waals surface area (Å²) in [6, 6.07) is 17.7. The third kappa shape index (κ3) is 5.30. The fourth-order valence-electron chi connectivity index (χ4n) is 3.13. The van der Waals surface area contributed by atoms with E-state index in [0.29, 0.717) is 18.8 Å². The molecule has 0 bridgehead atoms. The first kappa shape index (κ1) is 20.8. The van der Waals surface area contributed by atoms with Gasteiger partial charge in [-0.05, 0) is 58.5 Å². The summed E-state index contributed by atoms with van der Waals surface area (Å²) in [7, 11) is 0. The van der Waals surface area contributed by atoms with Crippen molar-refractivity contribution in [3.05, 3.63) is 63.2 Å². The van der Waals surface area contributed by atoms with E-state index in [0.717, 1.165) is 27.9 Å². The lowest BCUT2D eigenvalue weighted by molar-refractivity contribution is -0.126. The van der Waals surface area contributed by atoms with Gasteiger partial charge in [-0.25, -0.2) is 0 Å². The van der Waals surface area contributed by atoms with Gasteiger partial charge in [0.15, 0.2) is 0 Å². The standard InChI is InChI=1S/C23H20IN3O2/c1-2-14-29-22-9-8-18(16-21(22)24)15-19(17-25)23(28)27-12-10-26(11-13-27)20-6-4-3-5-7-20/h1,3-9,15-16H,10-14H2/b19-15-. The van der Waals surface area contributed by atoms with Gasteiger partial charge in [-0.3, -0.25) is 4.79 Å². The molecule has 6 heteroatoms. The van der Waals surface area contributed by atoms with Crippen LogP contribution in [0, 0.1) is 27.2 Å². The Morgan fingerprint density at radius 3 is 2.52 bits per heavy atom. The number of benzene rings is 2. The van der Waals surface area contributed by atoms with E-state index in [1.54, 1.807) is 17.0 Å². The Bertz CT molecular complexity index is 981. The summed E-state index contributed by atoms with van der Waals surface area (Å²) in [5.74, 6) is 2.88. The second-order valence-electron chi connectivity index (χ2n) is 6.47. The van der Waals surface area contributed by atoms with E-state index >= 15 is 0 Å². The van der Waals surface area contributed by atoms with Crippen LogP contribution < -0.4 is 9.64 Å². The van der Waals surface area contributed by atoms with Gasteiger partial charge < -0.3 is 14.5 Å². The number of rotatable bonds is 5. The molecule has 2 aromatic carbocycles. The highest BCUT2D eigenvalue weighted by atomic mass is 127. The van der Waals surface area contributed by atoms with Crippen LogP contribution in [0.5, 0.6) is 5.75 Å². The van der Waals surface area contributed by atoms with Crippen molar-refractivity contribution in [2.45, 2.75) is 0 Å². The van der Waals surface area contributed by atoms with E-state index in [-0.39, 0.29) is 18.1 Å². The molecule has 29 heavy (non-hydrogen) atoms. The average Bonchev–Trinajstić information content (AvgIpc) is 2.77. The van der Waals surface area contributed by atoms with Crippen LogP contribution in [0.4, 0.5) is 5.69 Å². The number of amides is 1. The van der Waals surface area contributed by atoms with Crippen molar-refractivity contribution < 1.29 is 9.53 Å². The highest BCUT2D eigenvalue weighted by Crippen LogP contribution is 2.24. The molecule has 1 amide bonds. The molecule has 0 N–H and O–H groups in total. The zero-order chi connectivity index (χ0) is 20.6. The molecule has 0 aliphatic carbocycles. The number of carbonyl (C=O) groups excluding carboxylic acids is 1. The number of hydrogen-bond donors (Lipinski definition) is 0. The largest absolute Gasteiger partial charge is 0.480 e. The number of anilines is 1. The maximum Gasteiger partial charge on any atom is 0.264 e. The van der Waals surface area contributed by atoms with Crippen LogP contribution in [0.1, 0.15) is 5.56 Å². The zero-order valence-corrected chi connectivity index (χ0v) is 18.0. The highest BCUT2D eigenvalue weighted by Gasteiger charge is 2.23. The van der Waals surface area contributed by atoms with Gasteiger partial charge in [0, 0.05) is 31.9 Å². The lowest BCUT2D eigenvalue weighted by Gasteiger charge is -2.36.